The van der Waals surface area contributed by atoms with E-state index in [9.17, 15) is 31.1 Å². The highest BCUT2D eigenvalue weighted by atomic mass is 19.4. The van der Waals surface area contributed by atoms with Crippen LogP contribution >= 0.6 is 0 Å². The molecule has 8 heteroatoms. The molecule has 0 fully saturated rings. The molecule has 0 atom stereocenters. The van der Waals surface area contributed by atoms with Crippen LogP contribution in [0.3, 0.4) is 0 Å². The van der Waals surface area contributed by atoms with E-state index >= 15 is 0 Å². The number of nitrogens with zero attached hydrogens (tertiary/aromatic N) is 1. The molecule has 1 rings (SSSR count). The maximum Gasteiger partial charge on any atom is 0.404 e. The number of aliphatic imine (C=N–C) groups is 1. The van der Waals surface area contributed by atoms with Gasteiger partial charge in [0.05, 0.1) is 6.54 Å². The quantitative estimate of drug-likeness (QED) is 0.472. The van der Waals surface area contributed by atoms with Gasteiger partial charge in [-0.3, -0.25) is 0 Å². The SMILES string of the molecule is O=C=NCc1ccc(C(C(F)(F)F)C(F)(F)F)cc1. The molecule has 0 aliphatic carbocycles. The number of isocyanates is 1. The van der Waals surface area contributed by atoms with Crippen molar-refractivity contribution in [3.05, 3.63) is 35.4 Å². The number of benzene rings is 1. The van der Waals surface area contributed by atoms with Crippen molar-refractivity contribution in [2.75, 3.05) is 0 Å². The first-order chi connectivity index (χ1) is 8.66. The Morgan fingerprint density at radius 1 is 1.00 bits per heavy atom. The van der Waals surface area contributed by atoms with Gasteiger partial charge in [0.15, 0.2) is 5.92 Å². The fourth-order valence-electron chi connectivity index (χ4n) is 1.50. The molecule has 0 unspecified atom stereocenters. The lowest BCUT2D eigenvalue weighted by Crippen LogP contribution is -2.34. The van der Waals surface area contributed by atoms with Crippen LogP contribution in [-0.2, 0) is 11.3 Å². The standard InChI is InChI=1S/C11H7F6NO/c12-10(13,14)9(11(15,16)17)8-3-1-7(2-4-8)5-18-6-19/h1-4,9H,5H2. The third kappa shape index (κ3) is 4.10. The van der Waals surface area contributed by atoms with E-state index in [2.05, 4.69) is 4.99 Å². The predicted molar refractivity (Wildman–Crippen MR) is 53.1 cm³/mol. The molecule has 0 N–H and O–H groups in total. The molecular weight excluding hydrogens is 276 g/mol. The number of rotatable bonds is 3. The first-order valence-corrected chi connectivity index (χ1v) is 4.92. The molecule has 0 radical (unpaired) electrons. The molecule has 19 heavy (non-hydrogen) atoms. The smallest absolute Gasteiger partial charge is 0.211 e. The molecule has 0 aromatic heterocycles. The zero-order chi connectivity index (χ0) is 14.7. The monoisotopic (exact) mass is 283 g/mol. The van der Waals surface area contributed by atoms with E-state index in [0.717, 1.165) is 24.3 Å². The third-order valence-corrected chi connectivity index (χ3v) is 2.29. The van der Waals surface area contributed by atoms with Crippen molar-refractivity contribution in [1.29, 1.82) is 0 Å². The van der Waals surface area contributed by atoms with Crippen LogP contribution in [0.4, 0.5) is 26.3 Å². The Morgan fingerprint density at radius 3 is 1.84 bits per heavy atom. The zero-order valence-corrected chi connectivity index (χ0v) is 9.22. The van der Waals surface area contributed by atoms with Gasteiger partial charge in [-0.2, -0.15) is 26.3 Å². The molecule has 1 aromatic carbocycles. The summed E-state index contributed by atoms with van der Waals surface area (Å²) in [5, 5.41) is 0. The van der Waals surface area contributed by atoms with Crippen LogP contribution in [0, 0.1) is 0 Å². The van der Waals surface area contributed by atoms with E-state index < -0.39 is 23.8 Å². The predicted octanol–water partition coefficient (Wildman–Crippen LogP) is 3.73. The van der Waals surface area contributed by atoms with Gasteiger partial charge in [0.2, 0.25) is 6.08 Å². The summed E-state index contributed by atoms with van der Waals surface area (Å²) in [5.74, 6) is -3.52. The normalized spacial score (nSPS) is 12.4. The lowest BCUT2D eigenvalue weighted by Gasteiger charge is -2.23. The molecule has 0 aliphatic rings. The zero-order valence-electron chi connectivity index (χ0n) is 9.22. The summed E-state index contributed by atoms with van der Waals surface area (Å²) in [6.07, 6.45) is -9.61. The molecule has 0 spiro atoms. The van der Waals surface area contributed by atoms with E-state index in [1.165, 1.54) is 6.08 Å². The van der Waals surface area contributed by atoms with Gasteiger partial charge in [-0.1, -0.05) is 24.3 Å². The maximum absolute atomic E-state index is 12.4. The molecule has 104 valence electrons. The van der Waals surface area contributed by atoms with Gasteiger partial charge in [0.25, 0.3) is 0 Å². The highest BCUT2D eigenvalue weighted by Gasteiger charge is 2.57. The molecule has 0 saturated heterocycles. The summed E-state index contributed by atoms with van der Waals surface area (Å²) in [4.78, 5) is 13.0. The molecule has 0 heterocycles. The topological polar surface area (TPSA) is 29.4 Å². The first kappa shape index (κ1) is 15.2. The van der Waals surface area contributed by atoms with Crippen molar-refractivity contribution in [2.45, 2.75) is 24.8 Å². The van der Waals surface area contributed by atoms with Gasteiger partial charge < -0.3 is 0 Å². The molecule has 0 aliphatic heterocycles. The van der Waals surface area contributed by atoms with Gasteiger partial charge in [-0.25, -0.2) is 9.79 Å². The molecule has 0 bridgehead atoms. The number of alkyl halides is 6. The van der Waals surface area contributed by atoms with Crippen LogP contribution in [0.15, 0.2) is 29.3 Å². The molecular formula is C11H7F6NO. The fourth-order valence-corrected chi connectivity index (χ4v) is 1.50. The maximum atomic E-state index is 12.4. The number of halogens is 6. The van der Waals surface area contributed by atoms with Crippen LogP contribution in [-0.4, -0.2) is 18.4 Å². The van der Waals surface area contributed by atoms with Crippen molar-refractivity contribution < 1.29 is 31.1 Å². The highest BCUT2D eigenvalue weighted by molar-refractivity contribution is 5.34. The van der Waals surface area contributed by atoms with Crippen molar-refractivity contribution in [3.8, 4) is 0 Å². The molecule has 0 amide bonds. The lowest BCUT2D eigenvalue weighted by atomic mass is 9.97. The van der Waals surface area contributed by atoms with E-state index in [-0.39, 0.29) is 6.54 Å². The van der Waals surface area contributed by atoms with Crippen molar-refractivity contribution in [1.82, 2.24) is 0 Å². The lowest BCUT2D eigenvalue weighted by molar-refractivity contribution is -0.253. The van der Waals surface area contributed by atoms with Gasteiger partial charge in [0.1, 0.15) is 0 Å². The Kier molecular flexibility index (Phi) is 4.36. The minimum atomic E-state index is -5.42. The Labute approximate surface area is 103 Å². The summed E-state index contributed by atoms with van der Waals surface area (Å²) in [5.41, 5.74) is -0.589. The van der Waals surface area contributed by atoms with Gasteiger partial charge in [-0.05, 0) is 11.1 Å². The minimum absolute atomic E-state index is 0.146. The second-order valence-corrected chi connectivity index (χ2v) is 3.67. The Bertz CT molecular complexity index is 455. The molecule has 0 saturated carbocycles. The Morgan fingerprint density at radius 2 is 1.47 bits per heavy atom. The summed E-state index contributed by atoms with van der Waals surface area (Å²) >= 11 is 0. The average molecular weight is 283 g/mol. The second kappa shape index (κ2) is 5.44. The average Bonchev–Trinajstić information content (AvgIpc) is 2.24. The Balaban J connectivity index is 3.08. The van der Waals surface area contributed by atoms with Gasteiger partial charge in [-0.15, -0.1) is 0 Å². The number of hydrogen-bond acceptors (Lipinski definition) is 2. The number of hydrogen-bond donors (Lipinski definition) is 0. The minimum Gasteiger partial charge on any atom is -0.211 e. The van der Waals surface area contributed by atoms with Gasteiger partial charge >= 0.3 is 12.4 Å². The summed E-state index contributed by atoms with van der Waals surface area (Å²) in [7, 11) is 0. The van der Waals surface area contributed by atoms with Crippen molar-refractivity contribution >= 4 is 6.08 Å². The van der Waals surface area contributed by atoms with Crippen LogP contribution in [0.1, 0.15) is 17.0 Å². The summed E-state index contributed by atoms with van der Waals surface area (Å²) < 4.78 is 74.5. The van der Waals surface area contributed by atoms with Crippen molar-refractivity contribution in [2.24, 2.45) is 4.99 Å². The van der Waals surface area contributed by atoms with E-state index in [0.29, 0.717) is 5.56 Å². The molecule has 2 nitrogen and oxygen atoms in total. The number of carbonyl (C=O) groups excluding carboxylic acids is 1. The largest absolute Gasteiger partial charge is 0.404 e. The van der Waals surface area contributed by atoms with Crippen LogP contribution in [0.25, 0.3) is 0 Å². The summed E-state index contributed by atoms with van der Waals surface area (Å²) in [6.45, 7) is -0.146. The van der Waals surface area contributed by atoms with Gasteiger partial charge in [0, 0.05) is 0 Å². The van der Waals surface area contributed by atoms with Crippen LogP contribution in [0.5, 0.6) is 0 Å². The van der Waals surface area contributed by atoms with Crippen LogP contribution in [0.2, 0.25) is 0 Å². The van der Waals surface area contributed by atoms with Crippen molar-refractivity contribution in [3.63, 3.8) is 0 Å². The van der Waals surface area contributed by atoms with E-state index in [1.54, 1.807) is 0 Å². The highest BCUT2D eigenvalue weighted by Crippen LogP contribution is 2.46. The summed E-state index contributed by atoms with van der Waals surface area (Å²) in [6, 6.07) is 3.56. The Hall–Kier alpha value is -1.82. The fraction of sp³-hybridized carbons (Fsp3) is 0.364. The van der Waals surface area contributed by atoms with E-state index in [4.69, 9.17) is 0 Å². The van der Waals surface area contributed by atoms with E-state index in [1.807, 2.05) is 0 Å². The molecule has 1 aromatic rings. The van der Waals surface area contributed by atoms with Crippen LogP contribution < -0.4 is 0 Å². The second-order valence-electron chi connectivity index (χ2n) is 3.67. The third-order valence-electron chi connectivity index (χ3n) is 2.29. The first-order valence-electron chi connectivity index (χ1n) is 4.92.